The molecule has 2 N–H and O–H groups in total. The maximum atomic E-state index is 12.4. The number of carbonyl (C=O) groups excluding carboxylic acids is 1. The van der Waals surface area contributed by atoms with E-state index >= 15 is 0 Å². The van der Waals surface area contributed by atoms with Gasteiger partial charge in [0.15, 0.2) is 0 Å². The highest BCUT2D eigenvalue weighted by Crippen LogP contribution is 2.22. The normalized spacial score (nSPS) is 19.0. The Morgan fingerprint density at radius 3 is 3.14 bits per heavy atom. The molecule has 1 aromatic heterocycles. The van der Waals surface area contributed by atoms with Crippen molar-refractivity contribution in [3.8, 4) is 0 Å². The van der Waals surface area contributed by atoms with E-state index in [2.05, 4.69) is 10.3 Å². The van der Waals surface area contributed by atoms with E-state index in [0.717, 1.165) is 16.6 Å². The number of amides is 2. The SMILES string of the molecule is Cc1ccc2cccc(NC(=O)N3CCOC[C@@H](O)C3)c2n1. The van der Waals surface area contributed by atoms with Crippen molar-refractivity contribution in [1.29, 1.82) is 0 Å². The second-order valence-electron chi connectivity index (χ2n) is 5.43. The molecule has 0 aliphatic carbocycles. The zero-order chi connectivity index (χ0) is 15.5. The third kappa shape index (κ3) is 3.18. The lowest BCUT2D eigenvalue weighted by Gasteiger charge is -2.22. The molecule has 0 radical (unpaired) electrons. The molecule has 0 saturated carbocycles. The summed E-state index contributed by atoms with van der Waals surface area (Å²) in [5, 5.41) is 13.6. The summed E-state index contributed by atoms with van der Waals surface area (Å²) in [4.78, 5) is 18.5. The van der Waals surface area contributed by atoms with E-state index in [1.807, 2.05) is 37.3 Å². The van der Waals surface area contributed by atoms with E-state index in [1.54, 1.807) is 4.90 Å². The third-order valence-corrected chi connectivity index (χ3v) is 3.64. The van der Waals surface area contributed by atoms with E-state index in [1.165, 1.54) is 0 Å². The van der Waals surface area contributed by atoms with Crippen LogP contribution in [0.2, 0.25) is 0 Å². The van der Waals surface area contributed by atoms with Gasteiger partial charge in [0.2, 0.25) is 0 Å². The Hall–Kier alpha value is -2.18. The minimum Gasteiger partial charge on any atom is -0.389 e. The van der Waals surface area contributed by atoms with Crippen molar-refractivity contribution in [3.05, 3.63) is 36.0 Å². The summed E-state index contributed by atoms with van der Waals surface area (Å²) in [5.41, 5.74) is 2.33. The van der Waals surface area contributed by atoms with Crippen LogP contribution in [0, 0.1) is 6.92 Å². The lowest BCUT2D eigenvalue weighted by atomic mass is 10.2. The molecule has 22 heavy (non-hydrogen) atoms. The van der Waals surface area contributed by atoms with Gasteiger partial charge in [-0.15, -0.1) is 0 Å². The topological polar surface area (TPSA) is 74.7 Å². The van der Waals surface area contributed by atoms with Crippen LogP contribution in [-0.2, 0) is 4.74 Å². The minimum atomic E-state index is -0.652. The number of urea groups is 1. The van der Waals surface area contributed by atoms with Crippen molar-refractivity contribution >= 4 is 22.6 Å². The standard InChI is InChI=1S/C16H19N3O3/c1-11-5-6-12-3-2-4-14(15(12)17-11)18-16(21)19-7-8-22-10-13(20)9-19/h2-6,13,20H,7-10H2,1H3,(H,18,21)/t13-/m0/s1. The number of aliphatic hydroxyl groups excluding tert-OH is 1. The number of β-amino-alcohol motifs (C(OH)–C–C–N with tert-alkyl or cyclic N) is 1. The summed E-state index contributed by atoms with van der Waals surface area (Å²) in [5.74, 6) is 0. The molecule has 2 heterocycles. The molecule has 1 aliphatic rings. The summed E-state index contributed by atoms with van der Waals surface area (Å²) in [6, 6.07) is 9.35. The van der Waals surface area contributed by atoms with Gasteiger partial charge in [-0.3, -0.25) is 4.98 Å². The molecule has 3 rings (SSSR count). The minimum absolute atomic E-state index is 0.250. The number of aryl methyl sites for hydroxylation is 1. The second kappa shape index (κ2) is 6.29. The lowest BCUT2D eigenvalue weighted by molar-refractivity contribution is 0.0575. The number of nitrogens with zero attached hydrogens (tertiary/aromatic N) is 2. The number of aliphatic hydroxyl groups is 1. The maximum absolute atomic E-state index is 12.4. The number of pyridine rings is 1. The predicted molar refractivity (Wildman–Crippen MR) is 83.9 cm³/mol. The van der Waals surface area contributed by atoms with Crippen LogP contribution in [0.4, 0.5) is 10.5 Å². The van der Waals surface area contributed by atoms with Gasteiger partial charge in [-0.25, -0.2) is 4.79 Å². The van der Waals surface area contributed by atoms with Crippen LogP contribution in [0.5, 0.6) is 0 Å². The monoisotopic (exact) mass is 301 g/mol. The maximum Gasteiger partial charge on any atom is 0.322 e. The zero-order valence-electron chi connectivity index (χ0n) is 12.5. The van der Waals surface area contributed by atoms with E-state index in [0.29, 0.717) is 18.8 Å². The van der Waals surface area contributed by atoms with Crippen molar-refractivity contribution < 1.29 is 14.6 Å². The first-order chi connectivity index (χ1) is 10.6. The van der Waals surface area contributed by atoms with Crippen LogP contribution in [-0.4, -0.2) is 53.4 Å². The van der Waals surface area contributed by atoms with Crippen molar-refractivity contribution in [2.75, 3.05) is 31.6 Å². The Kier molecular flexibility index (Phi) is 4.22. The predicted octanol–water partition coefficient (Wildman–Crippen LogP) is 1.77. The highest BCUT2D eigenvalue weighted by Gasteiger charge is 2.21. The molecule has 1 aliphatic heterocycles. The molecule has 0 bridgehead atoms. The number of hydrogen-bond donors (Lipinski definition) is 2. The van der Waals surface area contributed by atoms with Crippen molar-refractivity contribution in [2.24, 2.45) is 0 Å². The highest BCUT2D eigenvalue weighted by molar-refractivity contribution is 5.99. The Bertz CT molecular complexity index is 689. The summed E-state index contributed by atoms with van der Waals surface area (Å²) in [6.45, 7) is 3.33. The van der Waals surface area contributed by atoms with Gasteiger partial charge in [0.25, 0.3) is 0 Å². The largest absolute Gasteiger partial charge is 0.389 e. The fraction of sp³-hybridized carbons (Fsp3) is 0.375. The van der Waals surface area contributed by atoms with Crippen LogP contribution in [0.3, 0.4) is 0 Å². The van der Waals surface area contributed by atoms with Crippen molar-refractivity contribution in [2.45, 2.75) is 13.0 Å². The van der Waals surface area contributed by atoms with Crippen LogP contribution in [0.15, 0.2) is 30.3 Å². The second-order valence-corrected chi connectivity index (χ2v) is 5.43. The molecule has 1 saturated heterocycles. The number of anilines is 1. The van der Waals surface area contributed by atoms with Crippen LogP contribution in [0.25, 0.3) is 10.9 Å². The molecule has 116 valence electrons. The molecule has 1 aromatic carbocycles. The Labute approximate surface area is 128 Å². The molecular weight excluding hydrogens is 282 g/mol. The smallest absolute Gasteiger partial charge is 0.322 e. The van der Waals surface area contributed by atoms with Gasteiger partial charge in [0.1, 0.15) is 0 Å². The first-order valence-electron chi connectivity index (χ1n) is 7.31. The van der Waals surface area contributed by atoms with Crippen LogP contribution in [0.1, 0.15) is 5.69 Å². The third-order valence-electron chi connectivity index (χ3n) is 3.64. The van der Waals surface area contributed by atoms with Gasteiger partial charge >= 0.3 is 6.03 Å². The van der Waals surface area contributed by atoms with E-state index in [9.17, 15) is 9.90 Å². The number of carbonyl (C=O) groups is 1. The van der Waals surface area contributed by atoms with Crippen LogP contribution < -0.4 is 5.32 Å². The first-order valence-corrected chi connectivity index (χ1v) is 7.31. The zero-order valence-corrected chi connectivity index (χ0v) is 12.5. The molecular formula is C16H19N3O3. The van der Waals surface area contributed by atoms with E-state index < -0.39 is 6.10 Å². The van der Waals surface area contributed by atoms with Crippen molar-refractivity contribution in [3.63, 3.8) is 0 Å². The molecule has 1 fully saturated rings. The number of rotatable bonds is 1. The number of para-hydroxylation sites is 1. The highest BCUT2D eigenvalue weighted by atomic mass is 16.5. The Morgan fingerprint density at radius 2 is 2.27 bits per heavy atom. The fourth-order valence-corrected chi connectivity index (χ4v) is 2.52. The number of aromatic nitrogens is 1. The molecule has 2 amide bonds. The van der Waals surface area contributed by atoms with Gasteiger partial charge in [0, 0.05) is 17.6 Å². The molecule has 6 nitrogen and oxygen atoms in total. The Morgan fingerprint density at radius 1 is 1.41 bits per heavy atom. The first kappa shape index (κ1) is 14.7. The quantitative estimate of drug-likeness (QED) is 0.842. The number of benzene rings is 1. The fourth-order valence-electron chi connectivity index (χ4n) is 2.52. The van der Waals surface area contributed by atoms with Gasteiger partial charge in [-0.05, 0) is 19.1 Å². The lowest BCUT2D eigenvalue weighted by Crippen LogP contribution is -2.40. The number of fused-ring (bicyclic) bond motifs is 1. The summed E-state index contributed by atoms with van der Waals surface area (Å²) in [7, 11) is 0. The van der Waals surface area contributed by atoms with Gasteiger partial charge in [-0.1, -0.05) is 18.2 Å². The number of ether oxygens (including phenoxy) is 1. The van der Waals surface area contributed by atoms with Crippen molar-refractivity contribution in [1.82, 2.24) is 9.88 Å². The summed E-state index contributed by atoms with van der Waals surface area (Å²) >= 11 is 0. The average Bonchev–Trinajstić information content (AvgIpc) is 2.72. The van der Waals surface area contributed by atoms with Gasteiger partial charge < -0.3 is 20.1 Å². The summed E-state index contributed by atoms with van der Waals surface area (Å²) in [6.07, 6.45) is -0.652. The number of nitrogens with one attached hydrogen (secondary N) is 1. The van der Waals surface area contributed by atoms with Gasteiger partial charge in [0.05, 0.1) is 37.1 Å². The Balaban J connectivity index is 1.83. The van der Waals surface area contributed by atoms with E-state index in [4.69, 9.17) is 4.74 Å². The molecule has 2 aromatic rings. The molecule has 1 atom stereocenters. The van der Waals surface area contributed by atoms with Gasteiger partial charge in [-0.2, -0.15) is 0 Å². The molecule has 0 unspecified atom stereocenters. The van der Waals surface area contributed by atoms with Crippen LogP contribution >= 0.6 is 0 Å². The average molecular weight is 301 g/mol. The molecule has 0 spiro atoms. The van der Waals surface area contributed by atoms with E-state index in [-0.39, 0.29) is 19.2 Å². The summed E-state index contributed by atoms with van der Waals surface area (Å²) < 4.78 is 5.24. The molecule has 6 heteroatoms. The number of hydrogen-bond acceptors (Lipinski definition) is 4.